The van der Waals surface area contributed by atoms with Crippen LogP contribution in [0.1, 0.15) is 37.7 Å². The largest absolute Gasteiger partial charge is 0.381 e. The molecule has 1 amide bonds. The molecule has 1 aromatic heterocycles. The van der Waals surface area contributed by atoms with Crippen molar-refractivity contribution in [3.63, 3.8) is 0 Å². The summed E-state index contributed by atoms with van der Waals surface area (Å²) in [6, 6.07) is 1.05. The zero-order valence-corrected chi connectivity index (χ0v) is 15.3. The highest BCUT2D eigenvalue weighted by atomic mass is 16.5. The van der Waals surface area contributed by atoms with Crippen molar-refractivity contribution in [2.45, 2.75) is 57.7 Å². The first-order valence-electron chi connectivity index (χ1n) is 9.79. The minimum absolute atomic E-state index is 0.302. The molecule has 4 aliphatic heterocycles. The molecule has 0 saturated carbocycles. The molecule has 5 rings (SSSR count). The molecule has 5 heterocycles. The number of rotatable bonds is 4. The molecule has 6 nitrogen and oxygen atoms in total. The van der Waals surface area contributed by atoms with Gasteiger partial charge in [0.25, 0.3) is 0 Å². The molecule has 0 unspecified atom stereocenters. The lowest BCUT2D eigenvalue weighted by atomic mass is 9.94. The van der Waals surface area contributed by atoms with Crippen molar-refractivity contribution in [2.75, 3.05) is 32.8 Å². The summed E-state index contributed by atoms with van der Waals surface area (Å²) in [6.07, 6.45) is 9.14. The van der Waals surface area contributed by atoms with Gasteiger partial charge in [-0.25, -0.2) is 0 Å². The summed E-state index contributed by atoms with van der Waals surface area (Å²) >= 11 is 0. The van der Waals surface area contributed by atoms with Crippen LogP contribution in [0.5, 0.6) is 0 Å². The highest BCUT2D eigenvalue weighted by Crippen LogP contribution is 2.31. The lowest BCUT2D eigenvalue weighted by molar-refractivity contribution is -0.135. The Hall–Kier alpha value is -1.40. The number of fused-ring (bicyclic) bond motifs is 4. The summed E-state index contributed by atoms with van der Waals surface area (Å²) in [6.45, 7) is 7.65. The first-order valence-corrected chi connectivity index (χ1v) is 9.79. The van der Waals surface area contributed by atoms with Gasteiger partial charge in [0.15, 0.2) is 0 Å². The fourth-order valence-electron chi connectivity index (χ4n) is 4.72. The Labute approximate surface area is 150 Å². The minimum Gasteiger partial charge on any atom is -0.381 e. The predicted octanol–water partition coefficient (Wildman–Crippen LogP) is 1.68. The molecule has 2 bridgehead atoms. The van der Waals surface area contributed by atoms with Crippen molar-refractivity contribution in [3.05, 3.63) is 18.0 Å². The number of hydrogen-bond acceptors (Lipinski definition) is 4. The number of hydrogen-bond donors (Lipinski definition) is 0. The molecule has 0 spiro atoms. The van der Waals surface area contributed by atoms with Crippen LogP contribution in [0, 0.1) is 12.8 Å². The Bertz CT molecular complexity index is 596. The Balaban J connectivity index is 1.37. The van der Waals surface area contributed by atoms with Crippen molar-refractivity contribution in [1.29, 1.82) is 0 Å². The lowest BCUT2D eigenvalue weighted by Crippen LogP contribution is -2.48. The van der Waals surface area contributed by atoms with E-state index in [0.29, 0.717) is 36.9 Å². The first-order chi connectivity index (χ1) is 12.2. The fraction of sp³-hybridized carbons (Fsp3) is 0.789. The van der Waals surface area contributed by atoms with Crippen molar-refractivity contribution in [2.24, 2.45) is 5.92 Å². The molecule has 2 atom stereocenters. The van der Waals surface area contributed by atoms with Gasteiger partial charge >= 0.3 is 0 Å². The second-order valence-corrected chi connectivity index (χ2v) is 7.97. The van der Waals surface area contributed by atoms with E-state index in [4.69, 9.17) is 4.74 Å². The second-order valence-electron chi connectivity index (χ2n) is 7.97. The maximum atomic E-state index is 12.9. The number of piperidine rings is 1. The zero-order chi connectivity index (χ0) is 17.2. The van der Waals surface area contributed by atoms with Gasteiger partial charge in [-0.1, -0.05) is 0 Å². The van der Waals surface area contributed by atoms with Crippen LogP contribution in [0.15, 0.2) is 12.4 Å². The van der Waals surface area contributed by atoms with Gasteiger partial charge in [-0.3, -0.25) is 14.4 Å². The highest BCUT2D eigenvalue weighted by molar-refractivity contribution is 5.76. The van der Waals surface area contributed by atoms with Crippen LogP contribution in [0.3, 0.4) is 0 Å². The molecule has 4 saturated heterocycles. The molecule has 6 heteroatoms. The Morgan fingerprint density at radius 1 is 1.16 bits per heavy atom. The van der Waals surface area contributed by atoms with E-state index in [9.17, 15) is 4.79 Å². The van der Waals surface area contributed by atoms with Gasteiger partial charge < -0.3 is 9.64 Å². The van der Waals surface area contributed by atoms with Gasteiger partial charge in [-0.2, -0.15) is 5.10 Å². The molecular weight excluding hydrogens is 316 g/mol. The van der Waals surface area contributed by atoms with Gasteiger partial charge in [-0.15, -0.1) is 0 Å². The number of carbonyl (C=O) groups is 1. The topological polar surface area (TPSA) is 50.6 Å². The number of aryl methyl sites for hydroxylation is 2. The quantitative estimate of drug-likeness (QED) is 0.832. The maximum absolute atomic E-state index is 12.9. The molecule has 0 aromatic carbocycles. The van der Waals surface area contributed by atoms with Crippen LogP contribution in [0.25, 0.3) is 0 Å². The monoisotopic (exact) mass is 346 g/mol. The van der Waals surface area contributed by atoms with E-state index < -0.39 is 0 Å². The zero-order valence-electron chi connectivity index (χ0n) is 15.3. The van der Waals surface area contributed by atoms with Crippen LogP contribution in [-0.4, -0.2) is 70.4 Å². The maximum Gasteiger partial charge on any atom is 0.224 e. The normalized spacial score (nSPS) is 28.3. The third-order valence-electron chi connectivity index (χ3n) is 6.09. The first kappa shape index (κ1) is 17.0. The summed E-state index contributed by atoms with van der Waals surface area (Å²) in [5.41, 5.74) is 1.15. The second kappa shape index (κ2) is 7.46. The average molecular weight is 346 g/mol. The van der Waals surface area contributed by atoms with E-state index in [1.165, 1.54) is 6.42 Å². The molecule has 1 aromatic rings. The van der Waals surface area contributed by atoms with E-state index in [1.807, 2.05) is 24.0 Å². The Morgan fingerprint density at radius 2 is 2.00 bits per heavy atom. The van der Waals surface area contributed by atoms with Crippen molar-refractivity contribution >= 4 is 5.91 Å². The number of aromatic nitrogens is 2. The molecule has 0 radical (unpaired) electrons. The molecule has 0 aliphatic carbocycles. The summed E-state index contributed by atoms with van der Waals surface area (Å²) in [7, 11) is 0. The van der Waals surface area contributed by atoms with E-state index in [-0.39, 0.29) is 0 Å². The van der Waals surface area contributed by atoms with E-state index in [1.54, 1.807) is 0 Å². The van der Waals surface area contributed by atoms with Gasteiger partial charge in [0.05, 0.1) is 6.20 Å². The lowest BCUT2D eigenvalue weighted by Gasteiger charge is -2.37. The molecule has 25 heavy (non-hydrogen) atoms. The number of ether oxygens (including phenoxy) is 1. The van der Waals surface area contributed by atoms with Crippen molar-refractivity contribution < 1.29 is 9.53 Å². The Morgan fingerprint density at radius 3 is 2.76 bits per heavy atom. The summed E-state index contributed by atoms with van der Waals surface area (Å²) in [5.74, 6) is 0.939. The molecule has 0 N–H and O–H groups in total. The molecule has 138 valence electrons. The number of nitrogens with zero attached hydrogens (tertiary/aromatic N) is 4. The van der Waals surface area contributed by atoms with E-state index >= 15 is 0 Å². The van der Waals surface area contributed by atoms with Gasteiger partial charge in [0.1, 0.15) is 0 Å². The van der Waals surface area contributed by atoms with Crippen LogP contribution in [-0.2, 0) is 16.1 Å². The third kappa shape index (κ3) is 3.90. The van der Waals surface area contributed by atoms with Crippen LogP contribution in [0.2, 0.25) is 0 Å². The standard InChI is InChI=1S/C19H30N4O2/c1-15-10-20-22(11-15)7-4-19(24)23-13-16-2-3-18(23)14-21(12-16)17-5-8-25-9-6-17/h10-11,16-18H,2-9,12-14H2,1H3/t16-,18+/m1/s1. The highest BCUT2D eigenvalue weighted by Gasteiger charge is 2.39. The van der Waals surface area contributed by atoms with Crippen LogP contribution >= 0.6 is 0 Å². The predicted molar refractivity (Wildman–Crippen MR) is 95.2 cm³/mol. The van der Waals surface area contributed by atoms with Crippen LogP contribution in [0.4, 0.5) is 0 Å². The third-order valence-corrected chi connectivity index (χ3v) is 6.09. The van der Waals surface area contributed by atoms with E-state index in [2.05, 4.69) is 14.9 Å². The van der Waals surface area contributed by atoms with E-state index in [0.717, 1.165) is 57.7 Å². The molecule has 4 fully saturated rings. The van der Waals surface area contributed by atoms with Crippen molar-refractivity contribution in [3.8, 4) is 0 Å². The minimum atomic E-state index is 0.302. The average Bonchev–Trinajstić information content (AvgIpc) is 2.85. The SMILES string of the molecule is Cc1cnn(CCC(=O)N2C[C@@H]3CC[C@H]2CN(C2CCOCC2)C3)c1. The number of amides is 1. The summed E-state index contributed by atoms with van der Waals surface area (Å²) in [4.78, 5) is 17.7. The van der Waals surface area contributed by atoms with Crippen molar-refractivity contribution in [1.82, 2.24) is 19.6 Å². The number of carbonyl (C=O) groups excluding carboxylic acids is 1. The van der Waals surface area contributed by atoms with Gasteiger partial charge in [0, 0.05) is 64.1 Å². The molecular formula is C19H30N4O2. The smallest absolute Gasteiger partial charge is 0.224 e. The van der Waals surface area contributed by atoms with Gasteiger partial charge in [0.2, 0.25) is 5.91 Å². The van der Waals surface area contributed by atoms with Crippen LogP contribution < -0.4 is 0 Å². The fourth-order valence-corrected chi connectivity index (χ4v) is 4.72. The molecule has 4 aliphatic rings. The van der Waals surface area contributed by atoms with Gasteiger partial charge in [-0.05, 0) is 44.1 Å². The summed E-state index contributed by atoms with van der Waals surface area (Å²) < 4.78 is 7.41. The Kier molecular flexibility index (Phi) is 5.08. The summed E-state index contributed by atoms with van der Waals surface area (Å²) in [5, 5.41) is 4.30.